The van der Waals surface area contributed by atoms with Crippen molar-refractivity contribution in [3.63, 3.8) is 0 Å². The van der Waals surface area contributed by atoms with Crippen LogP contribution in [0.5, 0.6) is 0 Å². The first-order valence-electron chi connectivity index (χ1n) is 11.8. The van der Waals surface area contributed by atoms with Gasteiger partial charge < -0.3 is 20.9 Å². The summed E-state index contributed by atoms with van der Waals surface area (Å²) in [6, 6.07) is -1.49. The molecule has 35 heavy (non-hydrogen) atoms. The predicted octanol–water partition coefficient (Wildman–Crippen LogP) is 1.63. The van der Waals surface area contributed by atoms with E-state index in [1.54, 1.807) is 5.32 Å². The van der Waals surface area contributed by atoms with Crippen molar-refractivity contribution < 1.29 is 32.3 Å². The minimum atomic E-state index is -5.16. The molecule has 2 saturated heterocycles. The Kier molecular flexibility index (Phi) is 9.14. The third-order valence-corrected chi connectivity index (χ3v) is 6.47. The van der Waals surface area contributed by atoms with E-state index in [1.165, 1.54) is 25.7 Å². The zero-order chi connectivity index (χ0) is 26.6. The largest absolute Gasteiger partial charge is 0.471 e. The smallest absolute Gasteiger partial charge is 0.356 e. The van der Waals surface area contributed by atoms with Crippen LogP contribution in [0.25, 0.3) is 0 Å². The highest BCUT2D eigenvalue weighted by atomic mass is 19.4. The molecule has 0 spiro atoms. The first-order valence-corrected chi connectivity index (χ1v) is 11.8. The van der Waals surface area contributed by atoms with Crippen LogP contribution in [0, 0.1) is 28.6 Å². The molecule has 0 bridgehead atoms. The van der Waals surface area contributed by atoms with E-state index in [-0.39, 0.29) is 31.2 Å². The van der Waals surface area contributed by atoms with Gasteiger partial charge in [-0.05, 0) is 37.0 Å². The van der Waals surface area contributed by atoms with Gasteiger partial charge in [0.2, 0.25) is 17.7 Å². The molecule has 0 aromatic carbocycles. The summed E-state index contributed by atoms with van der Waals surface area (Å²) in [5.41, 5.74) is -1.06. The molecule has 2 fully saturated rings. The number of hydrogen-bond acceptors (Lipinski definition) is 5. The topological polar surface area (TPSA) is 131 Å². The molecule has 2 aliphatic heterocycles. The van der Waals surface area contributed by atoms with E-state index in [2.05, 4.69) is 10.6 Å². The van der Waals surface area contributed by atoms with Crippen molar-refractivity contribution in [2.24, 2.45) is 17.3 Å². The third kappa shape index (κ3) is 7.32. The highest BCUT2D eigenvalue weighted by Gasteiger charge is 2.48. The minimum absolute atomic E-state index is 0.0558. The zero-order valence-electron chi connectivity index (χ0n) is 20.5. The van der Waals surface area contributed by atoms with Crippen LogP contribution in [0.2, 0.25) is 0 Å². The Morgan fingerprint density at radius 3 is 2.37 bits per heavy atom. The van der Waals surface area contributed by atoms with Crippen LogP contribution in [0.3, 0.4) is 0 Å². The fourth-order valence-corrected chi connectivity index (χ4v) is 4.63. The highest BCUT2D eigenvalue weighted by molar-refractivity contribution is 5.94. The second-order valence-corrected chi connectivity index (χ2v) is 10.4. The molecule has 0 saturated carbocycles. The molecule has 0 aliphatic carbocycles. The van der Waals surface area contributed by atoms with Gasteiger partial charge in [-0.25, -0.2) is 0 Å². The Bertz CT molecular complexity index is 865. The van der Waals surface area contributed by atoms with Crippen LogP contribution in [-0.2, 0) is 19.2 Å². The molecule has 2 heterocycles. The SMILES string of the molecule is CCC[C@H]1C[C@@H](C(=O)NC(C#N)C[C@@H]2CCNC2=O)N(C(=O)C(NC(=O)C(F)(F)F)C(C)(C)C)C1. The summed E-state index contributed by atoms with van der Waals surface area (Å²) in [5.74, 6) is -4.25. The summed E-state index contributed by atoms with van der Waals surface area (Å²) in [4.78, 5) is 51.3. The molecule has 0 aromatic heterocycles. The van der Waals surface area contributed by atoms with Gasteiger partial charge in [-0.1, -0.05) is 34.1 Å². The van der Waals surface area contributed by atoms with Crippen LogP contribution >= 0.6 is 0 Å². The number of carbonyl (C=O) groups excluding carboxylic acids is 4. The molecular weight excluding hydrogens is 467 g/mol. The summed E-state index contributed by atoms with van der Waals surface area (Å²) in [6.07, 6.45) is -2.72. The average molecular weight is 502 g/mol. The molecule has 0 radical (unpaired) electrons. The molecule has 196 valence electrons. The maximum absolute atomic E-state index is 13.4. The number of amides is 4. The second kappa shape index (κ2) is 11.3. The van der Waals surface area contributed by atoms with Gasteiger partial charge in [0.1, 0.15) is 18.1 Å². The van der Waals surface area contributed by atoms with Crippen molar-refractivity contribution >= 4 is 23.6 Å². The fourth-order valence-electron chi connectivity index (χ4n) is 4.63. The van der Waals surface area contributed by atoms with E-state index >= 15 is 0 Å². The third-order valence-electron chi connectivity index (χ3n) is 6.47. The van der Waals surface area contributed by atoms with Gasteiger partial charge in [0.25, 0.3) is 0 Å². The molecule has 3 N–H and O–H groups in total. The van der Waals surface area contributed by atoms with Gasteiger partial charge in [-0.15, -0.1) is 0 Å². The van der Waals surface area contributed by atoms with E-state index in [0.717, 1.165) is 6.42 Å². The molecule has 2 rings (SSSR count). The van der Waals surface area contributed by atoms with Gasteiger partial charge in [0.15, 0.2) is 0 Å². The second-order valence-electron chi connectivity index (χ2n) is 10.4. The number of carbonyl (C=O) groups is 4. The van der Waals surface area contributed by atoms with E-state index in [1.807, 2.05) is 13.0 Å². The Morgan fingerprint density at radius 2 is 1.89 bits per heavy atom. The number of rotatable bonds is 8. The van der Waals surface area contributed by atoms with Crippen LogP contribution in [0.15, 0.2) is 0 Å². The summed E-state index contributed by atoms with van der Waals surface area (Å²) < 4.78 is 38.8. The van der Waals surface area contributed by atoms with E-state index in [4.69, 9.17) is 0 Å². The molecule has 2 unspecified atom stereocenters. The van der Waals surface area contributed by atoms with Crippen LogP contribution < -0.4 is 16.0 Å². The first kappa shape index (κ1) is 28.4. The number of alkyl halides is 3. The van der Waals surface area contributed by atoms with Gasteiger partial charge >= 0.3 is 12.1 Å². The molecule has 2 aliphatic rings. The highest BCUT2D eigenvalue weighted by Crippen LogP contribution is 2.31. The number of nitrogens with zero attached hydrogens (tertiary/aromatic N) is 2. The summed E-state index contributed by atoms with van der Waals surface area (Å²) in [7, 11) is 0. The number of halogens is 3. The Morgan fingerprint density at radius 1 is 1.23 bits per heavy atom. The Hall–Kier alpha value is -2.84. The summed E-state index contributed by atoms with van der Waals surface area (Å²) >= 11 is 0. The van der Waals surface area contributed by atoms with E-state index < -0.39 is 53.4 Å². The lowest BCUT2D eigenvalue weighted by atomic mass is 9.85. The quantitative estimate of drug-likeness (QED) is 0.465. The molecule has 4 amide bonds. The van der Waals surface area contributed by atoms with Gasteiger partial charge in [-0.3, -0.25) is 19.2 Å². The number of nitriles is 1. The van der Waals surface area contributed by atoms with E-state index in [9.17, 15) is 37.6 Å². The van der Waals surface area contributed by atoms with Gasteiger partial charge in [-0.2, -0.15) is 18.4 Å². The average Bonchev–Trinajstić information content (AvgIpc) is 3.35. The number of nitrogens with one attached hydrogen (secondary N) is 3. The Balaban J connectivity index is 2.23. The molecular formula is C23H34F3N5O4. The predicted molar refractivity (Wildman–Crippen MR) is 119 cm³/mol. The van der Waals surface area contributed by atoms with Gasteiger partial charge in [0.05, 0.1) is 6.07 Å². The standard InChI is InChI=1S/C23H34F3N5O4/c1-5-6-13-9-16(19(33)29-15(11-27)10-14-7-8-28-18(14)32)31(12-13)20(34)17(22(2,3)4)30-21(35)23(24,25)26/h13-17H,5-10,12H2,1-4H3,(H,28,32)(H,29,33)(H,30,35)/t13-,14-,15?,16-,17?/m0/s1. The Labute approximate surface area is 203 Å². The fraction of sp³-hybridized carbons (Fsp3) is 0.783. The monoisotopic (exact) mass is 501 g/mol. The van der Waals surface area contributed by atoms with Crippen LogP contribution in [0.4, 0.5) is 13.2 Å². The van der Waals surface area contributed by atoms with Crippen LogP contribution in [0.1, 0.15) is 59.8 Å². The van der Waals surface area contributed by atoms with Crippen molar-refractivity contribution in [1.82, 2.24) is 20.9 Å². The van der Waals surface area contributed by atoms with Crippen molar-refractivity contribution in [2.75, 3.05) is 13.1 Å². The molecule has 5 atom stereocenters. The van der Waals surface area contributed by atoms with Crippen molar-refractivity contribution in [2.45, 2.75) is 84.1 Å². The zero-order valence-corrected chi connectivity index (χ0v) is 20.5. The maximum Gasteiger partial charge on any atom is 0.471 e. The summed E-state index contributed by atoms with van der Waals surface area (Å²) in [6.45, 7) is 7.18. The lowest BCUT2D eigenvalue weighted by Gasteiger charge is -2.35. The lowest BCUT2D eigenvalue weighted by Crippen LogP contribution is -2.59. The lowest BCUT2D eigenvalue weighted by molar-refractivity contribution is -0.176. The normalized spacial score (nSPS) is 24.3. The first-order chi connectivity index (χ1) is 16.2. The van der Waals surface area contributed by atoms with E-state index in [0.29, 0.717) is 19.4 Å². The number of likely N-dealkylation sites (tertiary alicyclic amines) is 1. The number of hydrogen-bond donors (Lipinski definition) is 3. The molecule has 12 heteroatoms. The maximum atomic E-state index is 13.4. The molecule has 0 aromatic rings. The van der Waals surface area contributed by atoms with Crippen LogP contribution in [-0.4, -0.2) is 65.9 Å². The minimum Gasteiger partial charge on any atom is -0.356 e. The van der Waals surface area contributed by atoms with Crippen molar-refractivity contribution in [1.29, 1.82) is 5.26 Å². The van der Waals surface area contributed by atoms with Crippen molar-refractivity contribution in [3.8, 4) is 6.07 Å². The van der Waals surface area contributed by atoms with Crippen molar-refractivity contribution in [3.05, 3.63) is 0 Å². The molecule has 9 nitrogen and oxygen atoms in total. The summed E-state index contributed by atoms with van der Waals surface area (Å²) in [5, 5.41) is 16.6. The van der Waals surface area contributed by atoms with Gasteiger partial charge in [0, 0.05) is 19.0 Å².